The summed E-state index contributed by atoms with van der Waals surface area (Å²) in [5.74, 6) is 0. The fourth-order valence-electron chi connectivity index (χ4n) is 1.43. The lowest BCUT2D eigenvalue weighted by molar-refractivity contribution is 1.23. The molecule has 17 heavy (non-hydrogen) atoms. The van der Waals surface area contributed by atoms with Crippen molar-refractivity contribution >= 4 is 23.1 Å². The molecule has 0 aromatic heterocycles. The van der Waals surface area contributed by atoms with Gasteiger partial charge in [0.2, 0.25) is 0 Å². The van der Waals surface area contributed by atoms with Crippen LogP contribution in [0.4, 0.5) is 17.1 Å². The maximum absolute atomic E-state index is 5.69. The Kier molecular flexibility index (Phi) is 3.31. The van der Waals surface area contributed by atoms with Crippen molar-refractivity contribution in [1.29, 1.82) is 0 Å². The number of benzene rings is 2. The van der Waals surface area contributed by atoms with Gasteiger partial charge in [-0.3, -0.25) is 0 Å². The standard InChI is InChI=1S/C14H13N3/c1-2-11-10-12(15)8-9-14(11)17-16-13-6-4-3-5-7-13/h2-10H,1,15H2/b17-16+. The Labute approximate surface area is 100 Å². The number of anilines is 1. The molecule has 3 nitrogen and oxygen atoms in total. The van der Waals surface area contributed by atoms with Crippen LogP contribution in [-0.2, 0) is 0 Å². The number of nitrogens with zero attached hydrogens (tertiary/aromatic N) is 2. The van der Waals surface area contributed by atoms with Gasteiger partial charge >= 0.3 is 0 Å². The first kappa shape index (κ1) is 11.1. The van der Waals surface area contributed by atoms with Gasteiger partial charge < -0.3 is 5.73 Å². The molecule has 0 heterocycles. The zero-order valence-electron chi connectivity index (χ0n) is 9.38. The molecule has 0 spiro atoms. The maximum atomic E-state index is 5.69. The second-order valence-corrected chi connectivity index (χ2v) is 3.56. The largest absolute Gasteiger partial charge is 0.399 e. The highest BCUT2D eigenvalue weighted by Gasteiger charge is 1.98. The van der Waals surface area contributed by atoms with Crippen LogP contribution in [0.5, 0.6) is 0 Å². The molecule has 0 aliphatic heterocycles. The molecule has 0 saturated heterocycles. The van der Waals surface area contributed by atoms with Crippen LogP contribution in [0, 0.1) is 0 Å². The molecule has 2 rings (SSSR count). The molecule has 0 fully saturated rings. The van der Waals surface area contributed by atoms with Crippen molar-refractivity contribution in [2.24, 2.45) is 10.2 Å². The lowest BCUT2D eigenvalue weighted by Gasteiger charge is -2.00. The highest BCUT2D eigenvalue weighted by atomic mass is 15.1. The molecule has 0 saturated carbocycles. The molecule has 84 valence electrons. The molecule has 2 N–H and O–H groups in total. The third-order valence-electron chi connectivity index (χ3n) is 2.30. The Hall–Kier alpha value is -2.42. The summed E-state index contributed by atoms with van der Waals surface area (Å²) in [6.07, 6.45) is 1.72. The van der Waals surface area contributed by atoms with Gasteiger partial charge in [-0.25, -0.2) is 0 Å². The van der Waals surface area contributed by atoms with Crippen molar-refractivity contribution in [2.75, 3.05) is 5.73 Å². The summed E-state index contributed by atoms with van der Waals surface area (Å²) in [6.45, 7) is 3.73. The number of rotatable bonds is 3. The molecule has 0 aliphatic rings. The van der Waals surface area contributed by atoms with Crippen molar-refractivity contribution in [3.05, 3.63) is 60.7 Å². The van der Waals surface area contributed by atoms with Crippen molar-refractivity contribution < 1.29 is 0 Å². The fraction of sp³-hybridized carbons (Fsp3) is 0. The number of nitrogens with two attached hydrogens (primary N) is 1. The Bertz CT molecular complexity index is 545. The van der Waals surface area contributed by atoms with E-state index in [-0.39, 0.29) is 0 Å². The van der Waals surface area contributed by atoms with Crippen LogP contribution in [-0.4, -0.2) is 0 Å². The Morgan fingerprint density at radius 2 is 1.76 bits per heavy atom. The van der Waals surface area contributed by atoms with Gasteiger partial charge in [-0.1, -0.05) is 30.9 Å². The molecule has 0 aliphatic carbocycles. The van der Waals surface area contributed by atoms with Gasteiger partial charge in [0.25, 0.3) is 0 Å². The van der Waals surface area contributed by atoms with E-state index in [2.05, 4.69) is 16.8 Å². The van der Waals surface area contributed by atoms with Gasteiger partial charge in [0.1, 0.15) is 0 Å². The summed E-state index contributed by atoms with van der Waals surface area (Å²) in [5, 5.41) is 8.34. The molecular weight excluding hydrogens is 210 g/mol. The average molecular weight is 223 g/mol. The summed E-state index contributed by atoms with van der Waals surface area (Å²) >= 11 is 0. The van der Waals surface area contributed by atoms with Crippen LogP contribution in [0.25, 0.3) is 6.08 Å². The highest BCUT2D eigenvalue weighted by Crippen LogP contribution is 2.25. The van der Waals surface area contributed by atoms with Gasteiger partial charge in [-0.2, -0.15) is 5.11 Å². The third kappa shape index (κ3) is 2.78. The first-order valence-corrected chi connectivity index (χ1v) is 5.28. The van der Waals surface area contributed by atoms with E-state index in [1.165, 1.54) is 0 Å². The summed E-state index contributed by atoms with van der Waals surface area (Å²) in [5.41, 5.74) is 8.84. The second kappa shape index (κ2) is 5.07. The van der Waals surface area contributed by atoms with E-state index in [0.717, 1.165) is 16.9 Å². The predicted octanol–water partition coefficient (Wildman–Crippen LogP) is 4.33. The van der Waals surface area contributed by atoms with Crippen LogP contribution < -0.4 is 5.73 Å². The van der Waals surface area contributed by atoms with E-state index in [1.807, 2.05) is 42.5 Å². The van der Waals surface area contributed by atoms with Crippen LogP contribution in [0.15, 0.2) is 65.3 Å². The molecule has 0 amide bonds. The van der Waals surface area contributed by atoms with Gasteiger partial charge in [0.15, 0.2) is 0 Å². The van der Waals surface area contributed by atoms with Gasteiger partial charge in [0, 0.05) is 11.3 Å². The Morgan fingerprint density at radius 3 is 2.47 bits per heavy atom. The first-order valence-electron chi connectivity index (χ1n) is 5.28. The lowest BCUT2D eigenvalue weighted by Crippen LogP contribution is -1.84. The fourth-order valence-corrected chi connectivity index (χ4v) is 1.43. The lowest BCUT2D eigenvalue weighted by atomic mass is 10.1. The number of hydrogen-bond acceptors (Lipinski definition) is 3. The summed E-state index contributed by atoms with van der Waals surface area (Å²) in [6, 6.07) is 15.0. The van der Waals surface area contributed by atoms with Crippen LogP contribution in [0.1, 0.15) is 5.56 Å². The van der Waals surface area contributed by atoms with Crippen LogP contribution in [0.3, 0.4) is 0 Å². The van der Waals surface area contributed by atoms with Gasteiger partial charge in [-0.05, 0) is 30.3 Å². The van der Waals surface area contributed by atoms with Gasteiger partial charge in [-0.15, -0.1) is 5.11 Å². The third-order valence-corrected chi connectivity index (χ3v) is 2.30. The van der Waals surface area contributed by atoms with Crippen molar-refractivity contribution in [2.45, 2.75) is 0 Å². The average Bonchev–Trinajstić information content (AvgIpc) is 2.38. The topological polar surface area (TPSA) is 50.7 Å². The summed E-state index contributed by atoms with van der Waals surface area (Å²) in [4.78, 5) is 0. The van der Waals surface area contributed by atoms with Crippen LogP contribution >= 0.6 is 0 Å². The Morgan fingerprint density at radius 1 is 1.00 bits per heavy atom. The quantitative estimate of drug-likeness (QED) is 0.611. The Balaban J connectivity index is 2.30. The normalized spacial score (nSPS) is 10.6. The minimum absolute atomic E-state index is 0.693. The van der Waals surface area contributed by atoms with Crippen LogP contribution in [0.2, 0.25) is 0 Å². The molecule has 3 heteroatoms. The van der Waals surface area contributed by atoms with Crippen molar-refractivity contribution in [1.82, 2.24) is 0 Å². The van der Waals surface area contributed by atoms with E-state index in [9.17, 15) is 0 Å². The second-order valence-electron chi connectivity index (χ2n) is 3.56. The van der Waals surface area contributed by atoms with E-state index >= 15 is 0 Å². The molecule has 0 unspecified atom stereocenters. The number of nitrogen functional groups attached to an aromatic ring is 1. The molecule has 0 radical (unpaired) electrons. The van der Waals surface area contributed by atoms with E-state index in [4.69, 9.17) is 5.73 Å². The summed E-state index contributed by atoms with van der Waals surface area (Å²) < 4.78 is 0. The smallest absolute Gasteiger partial charge is 0.0930 e. The zero-order valence-corrected chi connectivity index (χ0v) is 9.38. The molecule has 2 aromatic carbocycles. The SMILES string of the molecule is C=Cc1cc(N)ccc1/N=N/c1ccccc1. The minimum Gasteiger partial charge on any atom is -0.399 e. The molecule has 2 aromatic rings. The molecular formula is C14H13N3. The van der Waals surface area contributed by atoms with E-state index < -0.39 is 0 Å². The zero-order chi connectivity index (χ0) is 12.1. The highest BCUT2D eigenvalue weighted by molar-refractivity contribution is 5.67. The number of azo groups is 1. The van der Waals surface area contributed by atoms with Gasteiger partial charge in [0.05, 0.1) is 11.4 Å². The minimum atomic E-state index is 0.693. The van der Waals surface area contributed by atoms with E-state index in [1.54, 1.807) is 12.1 Å². The predicted molar refractivity (Wildman–Crippen MR) is 71.6 cm³/mol. The van der Waals surface area contributed by atoms with E-state index in [0.29, 0.717) is 5.69 Å². The molecule has 0 bridgehead atoms. The molecule has 0 atom stereocenters. The number of hydrogen-bond donors (Lipinski definition) is 1. The van der Waals surface area contributed by atoms with Crippen molar-refractivity contribution in [3.8, 4) is 0 Å². The first-order chi connectivity index (χ1) is 8.29. The van der Waals surface area contributed by atoms with Crippen molar-refractivity contribution in [3.63, 3.8) is 0 Å². The maximum Gasteiger partial charge on any atom is 0.0930 e. The monoisotopic (exact) mass is 223 g/mol. The summed E-state index contributed by atoms with van der Waals surface area (Å²) in [7, 11) is 0.